The summed E-state index contributed by atoms with van der Waals surface area (Å²) in [6, 6.07) is 10.3. The number of phenols is 1. The second-order valence-corrected chi connectivity index (χ2v) is 10.5. The number of nitrogens with one attached hydrogen (secondary N) is 1. The number of phenolic OH excluding ortho intramolecular Hbond substituents is 1. The number of hydrogen-bond acceptors (Lipinski definition) is 6. The zero-order valence-electron chi connectivity index (χ0n) is 21.7. The molecular formula is C29H25F4N3O4. The van der Waals surface area contributed by atoms with Gasteiger partial charge in [0, 0.05) is 33.7 Å². The number of aromatic hydroxyl groups is 1. The van der Waals surface area contributed by atoms with Crippen LogP contribution in [-0.2, 0) is 11.0 Å². The quantitative estimate of drug-likeness (QED) is 0.289. The Kier molecular flexibility index (Phi) is 6.45. The van der Waals surface area contributed by atoms with Gasteiger partial charge in [-0.2, -0.15) is 13.2 Å². The Morgan fingerprint density at radius 2 is 1.82 bits per heavy atom. The van der Waals surface area contributed by atoms with E-state index < -0.39 is 41.2 Å². The summed E-state index contributed by atoms with van der Waals surface area (Å²) >= 11 is 0. The number of aliphatic hydroxyl groups is 1. The molecule has 11 heteroatoms. The topological polar surface area (TPSA) is 105 Å². The molecule has 1 aliphatic heterocycles. The molecule has 2 aromatic carbocycles. The van der Waals surface area contributed by atoms with Crippen LogP contribution in [0.1, 0.15) is 41.0 Å². The molecule has 1 atom stereocenters. The monoisotopic (exact) mass is 555 g/mol. The van der Waals surface area contributed by atoms with Gasteiger partial charge in [-0.1, -0.05) is 13.8 Å². The summed E-state index contributed by atoms with van der Waals surface area (Å²) in [6.45, 7) is 4.17. The zero-order chi connectivity index (χ0) is 29.0. The van der Waals surface area contributed by atoms with Crippen LogP contribution in [0.25, 0.3) is 22.2 Å². The lowest BCUT2D eigenvalue weighted by atomic mass is 9.84. The number of fused-ring (bicyclic) bond motifs is 2. The van der Waals surface area contributed by atoms with Crippen LogP contribution in [0, 0.1) is 12.7 Å². The summed E-state index contributed by atoms with van der Waals surface area (Å²) in [6.07, 6.45) is -3.77. The third kappa shape index (κ3) is 4.60. The van der Waals surface area contributed by atoms with Crippen molar-refractivity contribution in [1.29, 1.82) is 0 Å². The Morgan fingerprint density at radius 1 is 1.12 bits per heavy atom. The van der Waals surface area contributed by atoms with Crippen LogP contribution in [0.3, 0.4) is 0 Å². The van der Waals surface area contributed by atoms with Crippen LogP contribution in [0.15, 0.2) is 54.7 Å². The Balaban J connectivity index is 1.56. The fraction of sp³-hybridized carbons (Fsp3) is 0.276. The zero-order valence-corrected chi connectivity index (χ0v) is 21.7. The molecule has 2 aromatic heterocycles. The second kappa shape index (κ2) is 9.44. The van der Waals surface area contributed by atoms with Crippen molar-refractivity contribution in [3.05, 3.63) is 82.9 Å². The lowest BCUT2D eigenvalue weighted by Crippen LogP contribution is -2.51. The number of nitrogens with zero attached hydrogens (tertiary/aromatic N) is 2. The molecule has 1 aliphatic rings. The van der Waals surface area contributed by atoms with Crippen molar-refractivity contribution in [2.45, 2.75) is 38.0 Å². The summed E-state index contributed by atoms with van der Waals surface area (Å²) in [5.41, 5.74) is -3.56. The van der Waals surface area contributed by atoms with Gasteiger partial charge in [0.1, 0.15) is 28.5 Å². The van der Waals surface area contributed by atoms with Gasteiger partial charge >= 0.3 is 6.18 Å². The fourth-order valence-electron chi connectivity index (χ4n) is 4.67. The SMILES string of the molecule is Cc1ccnc2c(O)cc(C(=O)NC[C@](O)(c3cc4c(c(-c5ccc(F)cc5)n3)OCC4(C)C)C(F)(F)F)cc12. The standard InChI is InChI=1S/C29H25F4N3O4/c1-15-8-9-34-24-19(15)10-17(11-21(24)37)26(38)35-13-28(39,29(31,32)33)22-12-20-25(40-14-27(20,2)3)23(36-22)16-4-6-18(30)7-5-16/h4-12,37,39H,13-14H2,1-3H3,(H,35,38)/t28-/m0/s1. The van der Waals surface area contributed by atoms with E-state index in [9.17, 15) is 32.6 Å². The normalized spacial score (nSPS) is 15.8. The van der Waals surface area contributed by atoms with Crippen molar-refractivity contribution in [3.63, 3.8) is 0 Å². The van der Waals surface area contributed by atoms with Crippen molar-refractivity contribution >= 4 is 16.8 Å². The van der Waals surface area contributed by atoms with E-state index in [0.29, 0.717) is 22.1 Å². The van der Waals surface area contributed by atoms with E-state index in [2.05, 4.69) is 15.3 Å². The molecule has 0 aliphatic carbocycles. The van der Waals surface area contributed by atoms with Crippen molar-refractivity contribution < 1.29 is 37.3 Å². The molecule has 0 radical (unpaired) electrons. The second-order valence-electron chi connectivity index (χ2n) is 10.5. The number of rotatable bonds is 5. The first-order valence-electron chi connectivity index (χ1n) is 12.3. The molecule has 7 nitrogen and oxygen atoms in total. The van der Waals surface area contributed by atoms with Crippen molar-refractivity contribution in [2.75, 3.05) is 13.2 Å². The molecule has 3 N–H and O–H groups in total. The molecule has 0 bridgehead atoms. The smallest absolute Gasteiger partial charge is 0.424 e. The van der Waals surface area contributed by atoms with Gasteiger partial charge < -0.3 is 20.3 Å². The summed E-state index contributed by atoms with van der Waals surface area (Å²) < 4.78 is 62.9. The first kappa shape index (κ1) is 27.3. The average Bonchev–Trinajstić information content (AvgIpc) is 3.21. The minimum absolute atomic E-state index is 0.00880. The maximum Gasteiger partial charge on any atom is 0.424 e. The number of halogens is 4. The van der Waals surface area contributed by atoms with Gasteiger partial charge in [0.15, 0.2) is 0 Å². The van der Waals surface area contributed by atoms with Crippen LogP contribution in [0.5, 0.6) is 11.5 Å². The molecule has 0 fully saturated rings. The minimum atomic E-state index is -5.25. The maximum absolute atomic E-state index is 14.5. The van der Waals surface area contributed by atoms with E-state index in [-0.39, 0.29) is 34.9 Å². The Morgan fingerprint density at radius 3 is 2.50 bits per heavy atom. The predicted molar refractivity (Wildman–Crippen MR) is 139 cm³/mol. The summed E-state index contributed by atoms with van der Waals surface area (Å²) in [5.74, 6) is -1.57. The number of aryl methyl sites for hydroxylation is 1. The van der Waals surface area contributed by atoms with Gasteiger partial charge in [-0.15, -0.1) is 0 Å². The fourth-order valence-corrected chi connectivity index (χ4v) is 4.67. The molecule has 0 unspecified atom stereocenters. The lowest BCUT2D eigenvalue weighted by Gasteiger charge is -2.31. The van der Waals surface area contributed by atoms with Crippen molar-refractivity contribution in [3.8, 4) is 22.8 Å². The molecule has 3 heterocycles. The molecule has 0 spiro atoms. The molecule has 0 saturated carbocycles. The largest absolute Gasteiger partial charge is 0.506 e. The van der Waals surface area contributed by atoms with Gasteiger partial charge in [0.05, 0.1) is 18.8 Å². The number of carbonyl (C=O) groups is 1. The third-order valence-electron chi connectivity index (χ3n) is 7.10. The molecule has 0 saturated heterocycles. The highest BCUT2D eigenvalue weighted by atomic mass is 19.4. The van der Waals surface area contributed by atoms with Crippen LogP contribution in [0.2, 0.25) is 0 Å². The molecule has 1 amide bonds. The van der Waals surface area contributed by atoms with Gasteiger partial charge in [-0.05, 0) is 61.0 Å². The van der Waals surface area contributed by atoms with Gasteiger partial charge in [0.2, 0.25) is 5.60 Å². The third-order valence-corrected chi connectivity index (χ3v) is 7.10. The molecule has 4 aromatic rings. The number of pyridine rings is 2. The number of carbonyl (C=O) groups excluding carboxylic acids is 1. The highest BCUT2D eigenvalue weighted by Gasteiger charge is 2.57. The first-order chi connectivity index (χ1) is 18.7. The molecule has 40 heavy (non-hydrogen) atoms. The number of amides is 1. The summed E-state index contributed by atoms with van der Waals surface area (Å²) in [4.78, 5) is 21.2. The predicted octanol–water partition coefficient (Wildman–Crippen LogP) is 5.30. The van der Waals surface area contributed by atoms with E-state index in [1.165, 1.54) is 24.4 Å². The molecule has 5 rings (SSSR count). The van der Waals surface area contributed by atoms with E-state index in [1.807, 2.05) is 0 Å². The summed E-state index contributed by atoms with van der Waals surface area (Å²) in [7, 11) is 0. The number of ether oxygens (including phenoxy) is 1. The van der Waals surface area contributed by atoms with E-state index in [0.717, 1.165) is 24.3 Å². The van der Waals surface area contributed by atoms with E-state index in [4.69, 9.17) is 4.74 Å². The highest BCUT2D eigenvalue weighted by Crippen LogP contribution is 2.47. The van der Waals surface area contributed by atoms with Crippen molar-refractivity contribution in [1.82, 2.24) is 15.3 Å². The van der Waals surface area contributed by atoms with Gasteiger partial charge in [-0.25, -0.2) is 9.37 Å². The minimum Gasteiger partial charge on any atom is -0.506 e. The van der Waals surface area contributed by atoms with Crippen LogP contribution >= 0.6 is 0 Å². The van der Waals surface area contributed by atoms with Crippen LogP contribution in [0.4, 0.5) is 17.6 Å². The average molecular weight is 556 g/mol. The van der Waals surface area contributed by atoms with Gasteiger partial charge in [-0.3, -0.25) is 9.78 Å². The van der Waals surface area contributed by atoms with Crippen molar-refractivity contribution in [2.24, 2.45) is 0 Å². The Bertz CT molecular complexity index is 1640. The van der Waals surface area contributed by atoms with E-state index in [1.54, 1.807) is 26.8 Å². The number of alkyl halides is 3. The maximum atomic E-state index is 14.5. The van der Waals surface area contributed by atoms with E-state index >= 15 is 0 Å². The summed E-state index contributed by atoms with van der Waals surface area (Å²) in [5, 5.41) is 24.1. The molecule has 208 valence electrons. The Hall–Kier alpha value is -4.25. The van der Waals surface area contributed by atoms with Crippen LogP contribution in [-0.4, -0.2) is 45.4 Å². The van der Waals surface area contributed by atoms with Crippen LogP contribution < -0.4 is 10.1 Å². The van der Waals surface area contributed by atoms with Gasteiger partial charge in [0.25, 0.3) is 5.91 Å². The molecular weight excluding hydrogens is 530 g/mol. The first-order valence-corrected chi connectivity index (χ1v) is 12.3. The lowest BCUT2D eigenvalue weighted by molar-refractivity contribution is -0.265. The number of aromatic nitrogens is 2. The Labute approximate surface area is 226 Å². The highest BCUT2D eigenvalue weighted by molar-refractivity contribution is 6.00. The number of benzene rings is 2. The number of hydrogen-bond donors (Lipinski definition) is 3.